The number of hydrogen-bond acceptors (Lipinski definition) is 4. The summed E-state index contributed by atoms with van der Waals surface area (Å²) < 4.78 is 16.1. The van der Waals surface area contributed by atoms with Crippen molar-refractivity contribution >= 4 is 43.6 Å². The normalized spacial score (nSPS) is 11.5. The van der Waals surface area contributed by atoms with Gasteiger partial charge in [-0.2, -0.15) is 0 Å². The van der Waals surface area contributed by atoms with Crippen LogP contribution in [0.3, 0.4) is 0 Å². The predicted molar refractivity (Wildman–Crippen MR) is 112 cm³/mol. The second-order valence-corrected chi connectivity index (χ2v) is 7.33. The van der Waals surface area contributed by atoms with Gasteiger partial charge in [-0.3, -0.25) is 4.40 Å². The molecule has 0 saturated carbocycles. The second kappa shape index (κ2) is 6.53. The molecule has 0 aliphatic heterocycles. The Labute approximate surface area is 169 Å². The molecule has 5 aromatic rings. The monoisotopic (exact) mass is 436 g/mol. The van der Waals surface area contributed by atoms with Gasteiger partial charge in [-0.15, -0.1) is 0 Å². The van der Waals surface area contributed by atoms with Crippen molar-refractivity contribution in [2.75, 3.05) is 14.2 Å². The third-order valence-corrected chi connectivity index (χ3v) is 5.35. The highest BCUT2D eigenvalue weighted by Crippen LogP contribution is 2.38. The molecule has 0 bridgehead atoms. The fourth-order valence-electron chi connectivity index (χ4n) is 3.68. The van der Waals surface area contributed by atoms with Crippen LogP contribution in [0.25, 0.3) is 27.7 Å². The maximum Gasteiger partial charge on any atom is 0.162 e. The van der Waals surface area contributed by atoms with Crippen LogP contribution in [0, 0.1) is 0 Å². The number of hydrogen-bond donors (Lipinski definition) is 0. The molecule has 0 N–H and O–H groups in total. The van der Waals surface area contributed by atoms with Gasteiger partial charge in [0.2, 0.25) is 0 Å². The second-order valence-electron chi connectivity index (χ2n) is 6.52. The van der Waals surface area contributed by atoms with Crippen LogP contribution >= 0.6 is 15.9 Å². The average molecular weight is 437 g/mol. The van der Waals surface area contributed by atoms with Crippen LogP contribution in [0.2, 0.25) is 0 Å². The van der Waals surface area contributed by atoms with Crippen LogP contribution in [0.4, 0.5) is 0 Å². The highest BCUT2D eigenvalue weighted by atomic mass is 79.9. The zero-order chi connectivity index (χ0) is 19.3. The largest absolute Gasteiger partial charge is 0.493 e. The maximum atomic E-state index is 5.55. The maximum absolute atomic E-state index is 5.55. The lowest BCUT2D eigenvalue weighted by Crippen LogP contribution is -2.02. The van der Waals surface area contributed by atoms with Gasteiger partial charge in [0.1, 0.15) is 15.8 Å². The number of halogens is 1. The quantitative estimate of drug-likeness (QED) is 0.410. The van der Waals surface area contributed by atoms with Crippen molar-refractivity contribution in [2.24, 2.45) is 0 Å². The highest BCUT2D eigenvalue weighted by Gasteiger charge is 2.20. The Morgan fingerprint density at radius 2 is 1.79 bits per heavy atom. The first-order chi connectivity index (χ1) is 13.7. The van der Waals surface area contributed by atoms with E-state index in [0.717, 1.165) is 32.3 Å². The molecule has 0 aliphatic rings. The average Bonchev–Trinajstić information content (AvgIpc) is 3.23. The topological polar surface area (TPSA) is 53.6 Å². The van der Waals surface area contributed by atoms with Crippen molar-refractivity contribution in [3.05, 3.63) is 65.0 Å². The Kier molecular flexibility index (Phi) is 3.98. The Morgan fingerprint density at radius 3 is 2.54 bits per heavy atom. The van der Waals surface area contributed by atoms with E-state index in [1.807, 2.05) is 24.4 Å². The smallest absolute Gasteiger partial charge is 0.162 e. The molecule has 0 spiro atoms. The highest BCUT2D eigenvalue weighted by molar-refractivity contribution is 9.10. The standard InChI is InChI=1S/C21H17BrN4O2/c1-27-16-8-14-15(9-17(16)28-2)25(11-13-6-4-3-5-7-13)21-20(14)24-19-10-23-18(22)12-26(19)21/h3-10,12H,11H2,1-2H3. The van der Waals surface area contributed by atoms with Gasteiger partial charge in [0.05, 0.1) is 25.9 Å². The molecule has 3 aromatic heterocycles. The third-order valence-electron chi connectivity index (χ3n) is 4.94. The summed E-state index contributed by atoms with van der Waals surface area (Å²) >= 11 is 3.47. The Hall–Kier alpha value is -3.06. The van der Waals surface area contributed by atoms with Crippen molar-refractivity contribution in [1.29, 1.82) is 0 Å². The number of nitrogens with zero attached hydrogens (tertiary/aromatic N) is 4. The van der Waals surface area contributed by atoms with E-state index in [0.29, 0.717) is 18.0 Å². The molecule has 0 radical (unpaired) electrons. The van der Waals surface area contributed by atoms with Crippen LogP contribution in [-0.4, -0.2) is 33.2 Å². The number of ether oxygens (including phenoxy) is 2. The summed E-state index contributed by atoms with van der Waals surface area (Å²) in [7, 11) is 3.30. The Balaban J connectivity index is 1.90. The van der Waals surface area contributed by atoms with Crippen LogP contribution in [0.1, 0.15) is 5.56 Å². The summed E-state index contributed by atoms with van der Waals surface area (Å²) in [5.41, 5.74) is 4.96. The van der Waals surface area contributed by atoms with E-state index in [1.54, 1.807) is 20.4 Å². The van der Waals surface area contributed by atoms with Crippen molar-refractivity contribution in [2.45, 2.75) is 6.54 Å². The molecule has 140 valence electrons. The van der Waals surface area contributed by atoms with Gasteiger partial charge in [0.15, 0.2) is 17.1 Å². The van der Waals surface area contributed by atoms with E-state index in [2.05, 4.69) is 54.1 Å². The van der Waals surface area contributed by atoms with Crippen LogP contribution in [0.5, 0.6) is 11.5 Å². The third kappa shape index (κ3) is 2.54. The number of methoxy groups -OCH3 is 2. The van der Waals surface area contributed by atoms with Crippen molar-refractivity contribution < 1.29 is 9.47 Å². The molecule has 3 heterocycles. The Morgan fingerprint density at radius 1 is 1.04 bits per heavy atom. The molecule has 2 aromatic carbocycles. The molecule has 28 heavy (non-hydrogen) atoms. The van der Waals surface area contributed by atoms with Gasteiger partial charge in [0, 0.05) is 24.2 Å². The zero-order valence-corrected chi connectivity index (χ0v) is 17.0. The summed E-state index contributed by atoms with van der Waals surface area (Å²) in [6, 6.07) is 14.4. The number of benzene rings is 2. The SMILES string of the molecule is COc1cc2c3nc4cnc(Br)cn4c3n(Cc3ccccc3)c2cc1OC. The van der Waals surface area contributed by atoms with E-state index >= 15 is 0 Å². The summed E-state index contributed by atoms with van der Waals surface area (Å²) in [6.07, 6.45) is 3.71. The van der Waals surface area contributed by atoms with Crippen LogP contribution < -0.4 is 9.47 Å². The Bertz CT molecular complexity index is 1320. The van der Waals surface area contributed by atoms with Crippen molar-refractivity contribution in [3.63, 3.8) is 0 Å². The lowest BCUT2D eigenvalue weighted by Gasteiger charge is -2.11. The van der Waals surface area contributed by atoms with E-state index in [4.69, 9.17) is 14.5 Å². The molecule has 7 heteroatoms. The van der Waals surface area contributed by atoms with E-state index in [9.17, 15) is 0 Å². The molecule has 0 atom stereocenters. The van der Waals surface area contributed by atoms with Gasteiger partial charge in [-0.05, 0) is 27.6 Å². The minimum absolute atomic E-state index is 0.685. The molecule has 0 aliphatic carbocycles. The van der Waals surface area contributed by atoms with Gasteiger partial charge in [0.25, 0.3) is 0 Å². The number of imidazole rings is 1. The molecular formula is C21H17BrN4O2. The van der Waals surface area contributed by atoms with E-state index in [1.165, 1.54) is 5.56 Å². The lowest BCUT2D eigenvalue weighted by atomic mass is 10.2. The first-order valence-electron chi connectivity index (χ1n) is 8.81. The molecular weight excluding hydrogens is 420 g/mol. The molecule has 0 amide bonds. The van der Waals surface area contributed by atoms with Crippen LogP contribution in [-0.2, 0) is 6.54 Å². The number of rotatable bonds is 4. The summed E-state index contributed by atoms with van der Waals surface area (Å²) in [6.45, 7) is 0.712. The number of aromatic nitrogens is 4. The zero-order valence-electron chi connectivity index (χ0n) is 15.4. The van der Waals surface area contributed by atoms with Gasteiger partial charge < -0.3 is 14.0 Å². The van der Waals surface area contributed by atoms with Gasteiger partial charge in [-0.25, -0.2) is 9.97 Å². The summed E-state index contributed by atoms with van der Waals surface area (Å²) in [5, 5.41) is 1.02. The molecule has 5 rings (SSSR count). The van der Waals surface area contributed by atoms with E-state index < -0.39 is 0 Å². The fourth-order valence-corrected chi connectivity index (χ4v) is 3.99. The van der Waals surface area contributed by atoms with Crippen LogP contribution in [0.15, 0.2) is 59.5 Å². The molecule has 0 unspecified atom stereocenters. The molecule has 0 fully saturated rings. The van der Waals surface area contributed by atoms with Gasteiger partial charge >= 0.3 is 0 Å². The summed E-state index contributed by atoms with van der Waals surface area (Å²) in [4.78, 5) is 9.16. The minimum atomic E-state index is 0.685. The minimum Gasteiger partial charge on any atom is -0.493 e. The van der Waals surface area contributed by atoms with Crippen molar-refractivity contribution in [3.8, 4) is 11.5 Å². The van der Waals surface area contributed by atoms with Gasteiger partial charge in [-0.1, -0.05) is 30.3 Å². The van der Waals surface area contributed by atoms with E-state index in [-0.39, 0.29) is 0 Å². The summed E-state index contributed by atoms with van der Waals surface area (Å²) in [5.74, 6) is 1.38. The fraction of sp³-hybridized carbons (Fsp3) is 0.143. The predicted octanol–water partition coefficient (Wildman–Crippen LogP) is 4.67. The molecule has 6 nitrogen and oxygen atoms in total. The lowest BCUT2D eigenvalue weighted by molar-refractivity contribution is 0.355. The molecule has 0 saturated heterocycles. The first kappa shape index (κ1) is 17.1. The number of fused-ring (bicyclic) bond motifs is 5. The van der Waals surface area contributed by atoms with Crippen molar-refractivity contribution in [1.82, 2.24) is 18.9 Å². The first-order valence-corrected chi connectivity index (χ1v) is 9.60.